The molecule has 3 N–H and O–H groups in total. The summed E-state index contributed by atoms with van der Waals surface area (Å²) >= 11 is 1.81. The molecule has 0 fully saturated rings. The highest BCUT2D eigenvalue weighted by Gasteiger charge is 2.10. The van der Waals surface area contributed by atoms with Gasteiger partial charge in [0.05, 0.1) is 0 Å². The van der Waals surface area contributed by atoms with Crippen molar-refractivity contribution < 1.29 is 10.2 Å². The van der Waals surface area contributed by atoms with Gasteiger partial charge in [0.1, 0.15) is 11.5 Å². The summed E-state index contributed by atoms with van der Waals surface area (Å²) < 4.78 is 0. The molecule has 1 aromatic carbocycles. The lowest BCUT2D eigenvalue weighted by Crippen LogP contribution is -2.17. The normalized spacial score (nSPS) is 12.5. The molecule has 3 nitrogen and oxygen atoms in total. The fraction of sp³-hybridized carbons (Fsp3) is 0.333. The monoisotopic (exact) mass is 277 g/mol. The first-order valence-corrected chi connectivity index (χ1v) is 7.24. The van der Waals surface area contributed by atoms with Gasteiger partial charge in [0, 0.05) is 34.0 Å². The van der Waals surface area contributed by atoms with E-state index in [9.17, 15) is 10.2 Å². The predicted molar refractivity (Wildman–Crippen MR) is 78.7 cm³/mol. The molecule has 0 spiro atoms. The summed E-state index contributed by atoms with van der Waals surface area (Å²) in [4.78, 5) is 2.68. The van der Waals surface area contributed by atoms with Crippen molar-refractivity contribution in [3.63, 3.8) is 0 Å². The highest BCUT2D eigenvalue weighted by molar-refractivity contribution is 7.11. The van der Waals surface area contributed by atoms with Gasteiger partial charge in [0.15, 0.2) is 0 Å². The lowest BCUT2D eigenvalue weighted by molar-refractivity contribution is 0.436. The Kier molecular flexibility index (Phi) is 4.45. The molecule has 19 heavy (non-hydrogen) atoms. The molecular weight excluding hydrogens is 258 g/mol. The zero-order valence-corrected chi connectivity index (χ0v) is 12.0. The molecule has 4 heteroatoms. The maximum absolute atomic E-state index is 9.80. The molecule has 0 amide bonds. The van der Waals surface area contributed by atoms with Crippen LogP contribution in [0.25, 0.3) is 0 Å². The quantitative estimate of drug-likeness (QED) is 0.783. The SMILES string of the molecule is CCc1ccc(CNC(C)c2ccc(O)cc2O)s1. The van der Waals surface area contributed by atoms with Gasteiger partial charge in [-0.05, 0) is 31.5 Å². The van der Waals surface area contributed by atoms with Gasteiger partial charge in [0.25, 0.3) is 0 Å². The lowest BCUT2D eigenvalue weighted by atomic mass is 10.1. The highest BCUT2D eigenvalue weighted by Crippen LogP contribution is 2.28. The smallest absolute Gasteiger partial charge is 0.124 e. The van der Waals surface area contributed by atoms with Crippen LogP contribution in [0, 0.1) is 0 Å². The molecular formula is C15H19NO2S. The number of benzene rings is 1. The Hall–Kier alpha value is -1.52. The van der Waals surface area contributed by atoms with E-state index in [2.05, 4.69) is 24.4 Å². The number of aromatic hydroxyl groups is 2. The molecule has 1 unspecified atom stereocenters. The lowest BCUT2D eigenvalue weighted by Gasteiger charge is -2.15. The van der Waals surface area contributed by atoms with Crippen molar-refractivity contribution in [1.29, 1.82) is 0 Å². The Morgan fingerprint density at radius 3 is 2.53 bits per heavy atom. The van der Waals surface area contributed by atoms with Crippen LogP contribution in [-0.2, 0) is 13.0 Å². The first-order valence-electron chi connectivity index (χ1n) is 6.43. The maximum Gasteiger partial charge on any atom is 0.124 e. The minimum Gasteiger partial charge on any atom is -0.508 e. The number of hydrogen-bond acceptors (Lipinski definition) is 4. The van der Waals surface area contributed by atoms with E-state index in [-0.39, 0.29) is 17.5 Å². The molecule has 0 aliphatic carbocycles. The summed E-state index contributed by atoms with van der Waals surface area (Å²) in [6, 6.07) is 9.03. The minimum absolute atomic E-state index is 0.0350. The van der Waals surface area contributed by atoms with Crippen LogP contribution in [0.5, 0.6) is 11.5 Å². The van der Waals surface area contributed by atoms with Crippen molar-refractivity contribution in [1.82, 2.24) is 5.32 Å². The summed E-state index contributed by atoms with van der Waals surface area (Å²) in [6.07, 6.45) is 1.07. The van der Waals surface area contributed by atoms with Crippen LogP contribution in [-0.4, -0.2) is 10.2 Å². The number of phenolic OH excluding ortho intramolecular Hbond substituents is 2. The third-order valence-corrected chi connectivity index (χ3v) is 4.36. The topological polar surface area (TPSA) is 52.5 Å². The molecule has 1 aromatic heterocycles. The van der Waals surface area contributed by atoms with Crippen molar-refractivity contribution in [2.24, 2.45) is 0 Å². The Morgan fingerprint density at radius 2 is 1.89 bits per heavy atom. The standard InChI is InChI=1S/C15H19NO2S/c1-3-12-5-6-13(19-12)9-16-10(2)14-7-4-11(17)8-15(14)18/h4-8,10,16-18H,3,9H2,1-2H3. The van der Waals surface area contributed by atoms with Crippen molar-refractivity contribution in [3.8, 4) is 11.5 Å². The predicted octanol–water partition coefficient (Wildman–Crippen LogP) is 3.57. The number of hydrogen-bond donors (Lipinski definition) is 3. The van der Waals surface area contributed by atoms with Gasteiger partial charge in [-0.3, -0.25) is 0 Å². The van der Waals surface area contributed by atoms with E-state index in [1.54, 1.807) is 12.1 Å². The van der Waals surface area contributed by atoms with Crippen molar-refractivity contribution in [3.05, 3.63) is 45.6 Å². The molecule has 0 aliphatic heterocycles. The Labute approximate surface area is 117 Å². The summed E-state index contributed by atoms with van der Waals surface area (Å²) in [5.74, 6) is 0.208. The highest BCUT2D eigenvalue weighted by atomic mass is 32.1. The molecule has 2 aromatic rings. The molecule has 0 aliphatic rings. The van der Waals surface area contributed by atoms with Crippen molar-refractivity contribution >= 4 is 11.3 Å². The number of thiophene rings is 1. The summed E-state index contributed by atoms with van der Waals surface area (Å²) in [5.41, 5.74) is 0.796. The number of phenols is 2. The molecule has 1 heterocycles. The van der Waals surface area contributed by atoms with Gasteiger partial charge in [-0.1, -0.05) is 13.0 Å². The van der Waals surface area contributed by atoms with E-state index in [4.69, 9.17) is 0 Å². The second-order valence-electron chi connectivity index (χ2n) is 4.57. The average molecular weight is 277 g/mol. The van der Waals surface area contributed by atoms with E-state index in [0.29, 0.717) is 0 Å². The third-order valence-electron chi connectivity index (χ3n) is 3.13. The Bertz CT molecular complexity index is 551. The molecule has 102 valence electrons. The summed E-state index contributed by atoms with van der Waals surface area (Å²) in [5, 5.41) is 22.5. The molecule has 0 saturated carbocycles. The van der Waals surface area contributed by atoms with E-state index < -0.39 is 0 Å². The largest absolute Gasteiger partial charge is 0.508 e. The zero-order valence-electron chi connectivity index (χ0n) is 11.2. The number of rotatable bonds is 5. The average Bonchev–Trinajstić information content (AvgIpc) is 2.84. The van der Waals surface area contributed by atoms with Crippen LogP contribution in [0.4, 0.5) is 0 Å². The second-order valence-corrected chi connectivity index (χ2v) is 5.82. The molecule has 0 radical (unpaired) electrons. The minimum atomic E-state index is 0.0350. The molecule has 0 bridgehead atoms. The fourth-order valence-corrected chi connectivity index (χ4v) is 2.88. The van der Waals surface area contributed by atoms with Crippen molar-refractivity contribution in [2.45, 2.75) is 32.9 Å². The van der Waals surface area contributed by atoms with E-state index >= 15 is 0 Å². The summed E-state index contributed by atoms with van der Waals surface area (Å²) in [6.45, 7) is 4.94. The van der Waals surface area contributed by atoms with E-state index in [1.165, 1.54) is 15.8 Å². The van der Waals surface area contributed by atoms with Gasteiger partial charge < -0.3 is 15.5 Å². The third kappa shape index (κ3) is 3.49. The van der Waals surface area contributed by atoms with Gasteiger partial charge in [-0.25, -0.2) is 0 Å². The van der Waals surface area contributed by atoms with Gasteiger partial charge in [-0.15, -0.1) is 11.3 Å². The van der Waals surface area contributed by atoms with E-state index in [1.807, 2.05) is 18.3 Å². The van der Waals surface area contributed by atoms with Gasteiger partial charge in [0.2, 0.25) is 0 Å². The van der Waals surface area contributed by atoms with Gasteiger partial charge >= 0.3 is 0 Å². The molecule has 2 rings (SSSR count). The molecule has 1 atom stereocenters. The number of aryl methyl sites for hydroxylation is 1. The van der Waals surface area contributed by atoms with Crippen LogP contribution in [0.3, 0.4) is 0 Å². The van der Waals surface area contributed by atoms with Crippen molar-refractivity contribution in [2.75, 3.05) is 0 Å². The van der Waals surface area contributed by atoms with Crippen LogP contribution in [0.15, 0.2) is 30.3 Å². The van der Waals surface area contributed by atoms with Crippen LogP contribution >= 0.6 is 11.3 Å². The second kappa shape index (κ2) is 6.08. The molecule has 0 saturated heterocycles. The zero-order chi connectivity index (χ0) is 13.8. The fourth-order valence-electron chi connectivity index (χ4n) is 1.97. The Morgan fingerprint density at radius 1 is 1.16 bits per heavy atom. The van der Waals surface area contributed by atoms with Crippen LogP contribution in [0.1, 0.15) is 35.2 Å². The summed E-state index contributed by atoms with van der Waals surface area (Å²) in [7, 11) is 0. The first-order chi connectivity index (χ1) is 9.10. The maximum atomic E-state index is 9.80. The van der Waals surface area contributed by atoms with Gasteiger partial charge in [-0.2, -0.15) is 0 Å². The number of nitrogens with one attached hydrogen (secondary N) is 1. The van der Waals surface area contributed by atoms with Crippen LogP contribution in [0.2, 0.25) is 0 Å². The van der Waals surface area contributed by atoms with E-state index in [0.717, 1.165) is 18.5 Å². The Balaban J connectivity index is 1.98. The van der Waals surface area contributed by atoms with Crippen LogP contribution < -0.4 is 5.32 Å². The first kappa shape index (κ1) is 13.9.